The minimum Gasteiger partial charge on any atom is -0.356 e. The number of halogens is 1. The van der Waals surface area contributed by atoms with Crippen LogP contribution in [-0.2, 0) is 4.79 Å². The van der Waals surface area contributed by atoms with Gasteiger partial charge >= 0.3 is 0 Å². The van der Waals surface area contributed by atoms with E-state index >= 15 is 0 Å². The Balaban J connectivity index is 1.73. The van der Waals surface area contributed by atoms with E-state index in [1.165, 1.54) is 27.8 Å². The second kappa shape index (κ2) is 11.0. The first-order chi connectivity index (χ1) is 15.4. The van der Waals surface area contributed by atoms with Crippen molar-refractivity contribution in [1.82, 2.24) is 20.0 Å². The molecule has 1 unspecified atom stereocenters. The Bertz CT molecular complexity index is 1020. The van der Waals surface area contributed by atoms with Crippen molar-refractivity contribution in [2.24, 2.45) is 5.92 Å². The zero-order valence-electron chi connectivity index (χ0n) is 18.8. The van der Waals surface area contributed by atoms with Crippen LogP contribution >= 0.6 is 0 Å². The van der Waals surface area contributed by atoms with Crippen molar-refractivity contribution in [3.63, 3.8) is 0 Å². The summed E-state index contributed by atoms with van der Waals surface area (Å²) in [6, 6.07) is 7.35. The van der Waals surface area contributed by atoms with Gasteiger partial charge in [0.15, 0.2) is 5.69 Å². The fourth-order valence-corrected chi connectivity index (χ4v) is 4.00. The molecule has 0 radical (unpaired) electrons. The quantitative estimate of drug-likeness (QED) is 0.636. The normalized spacial score (nSPS) is 16.1. The van der Waals surface area contributed by atoms with Crippen LogP contribution in [0.3, 0.4) is 0 Å². The van der Waals surface area contributed by atoms with E-state index in [-0.39, 0.29) is 29.8 Å². The summed E-state index contributed by atoms with van der Waals surface area (Å²) < 4.78 is 15.5. The molecule has 3 rings (SSSR count). The SMILES string of the molecule is CCCCCCNC(=O)C1CCCN(C(=O)c2nn(-c3ccccc3F)c(C)cc2=O)C1. The number of unbranched alkanes of at least 4 members (excludes halogenated alkanes) is 3. The van der Waals surface area contributed by atoms with Gasteiger partial charge in [-0.05, 0) is 38.3 Å². The highest BCUT2D eigenvalue weighted by molar-refractivity contribution is 5.92. The number of benzene rings is 1. The summed E-state index contributed by atoms with van der Waals surface area (Å²) in [4.78, 5) is 39.7. The number of piperidine rings is 1. The predicted octanol–water partition coefficient (Wildman–Crippen LogP) is 3.23. The fraction of sp³-hybridized carbons (Fsp3) is 0.500. The number of carbonyl (C=O) groups is 2. The summed E-state index contributed by atoms with van der Waals surface area (Å²) in [5, 5.41) is 7.16. The molecule has 0 saturated carbocycles. The highest BCUT2D eigenvalue weighted by atomic mass is 19.1. The summed E-state index contributed by atoms with van der Waals surface area (Å²) in [5.41, 5.74) is -0.185. The third kappa shape index (κ3) is 5.60. The van der Waals surface area contributed by atoms with Crippen LogP contribution in [0, 0.1) is 18.7 Å². The molecule has 2 heterocycles. The van der Waals surface area contributed by atoms with E-state index in [1.54, 1.807) is 19.1 Å². The van der Waals surface area contributed by atoms with Crippen molar-refractivity contribution in [3.8, 4) is 5.69 Å². The Labute approximate surface area is 187 Å². The number of hydrogen-bond donors (Lipinski definition) is 1. The third-order valence-electron chi connectivity index (χ3n) is 5.80. The van der Waals surface area contributed by atoms with Crippen molar-refractivity contribution in [2.45, 2.75) is 52.4 Å². The molecule has 1 aromatic heterocycles. The van der Waals surface area contributed by atoms with Gasteiger partial charge in [0.05, 0.1) is 5.92 Å². The number of para-hydroxylation sites is 1. The van der Waals surface area contributed by atoms with E-state index in [0.717, 1.165) is 25.7 Å². The van der Waals surface area contributed by atoms with Crippen molar-refractivity contribution in [1.29, 1.82) is 0 Å². The molecule has 1 N–H and O–H groups in total. The first kappa shape index (κ1) is 23.6. The predicted molar refractivity (Wildman–Crippen MR) is 120 cm³/mol. The fourth-order valence-electron chi connectivity index (χ4n) is 4.00. The maximum atomic E-state index is 14.3. The number of nitrogens with zero attached hydrogens (tertiary/aromatic N) is 3. The molecule has 172 valence electrons. The standard InChI is InChI=1S/C24H31FN4O3/c1-3-4-5-8-13-26-23(31)18-10-9-14-28(16-18)24(32)22-21(30)15-17(2)29(27-22)20-12-7-6-11-19(20)25/h6-7,11-12,15,18H,3-5,8-10,13-14,16H2,1-2H3,(H,26,31). The smallest absolute Gasteiger partial charge is 0.278 e. The Kier molecular flexibility index (Phi) is 8.14. The number of nitrogens with one attached hydrogen (secondary N) is 1. The lowest BCUT2D eigenvalue weighted by Crippen LogP contribution is -2.47. The number of likely N-dealkylation sites (tertiary alicyclic amines) is 1. The van der Waals surface area contributed by atoms with Crippen LogP contribution in [0.15, 0.2) is 35.1 Å². The molecular weight excluding hydrogens is 411 g/mol. The minimum absolute atomic E-state index is 0.0559. The zero-order chi connectivity index (χ0) is 23.1. The Morgan fingerprint density at radius 1 is 1.22 bits per heavy atom. The molecule has 0 aliphatic carbocycles. The van der Waals surface area contributed by atoms with Gasteiger partial charge in [-0.1, -0.05) is 38.3 Å². The van der Waals surface area contributed by atoms with E-state index in [9.17, 15) is 18.8 Å². The first-order valence-corrected chi connectivity index (χ1v) is 11.3. The molecule has 1 aliphatic heterocycles. The third-order valence-corrected chi connectivity index (χ3v) is 5.80. The summed E-state index contributed by atoms with van der Waals surface area (Å²) in [7, 11) is 0. The van der Waals surface area contributed by atoms with Crippen LogP contribution in [0.5, 0.6) is 0 Å². The zero-order valence-corrected chi connectivity index (χ0v) is 18.8. The summed E-state index contributed by atoms with van der Waals surface area (Å²) in [6.07, 6.45) is 5.69. The summed E-state index contributed by atoms with van der Waals surface area (Å²) in [6.45, 7) is 5.11. The van der Waals surface area contributed by atoms with Crippen molar-refractivity contribution < 1.29 is 14.0 Å². The number of aromatic nitrogens is 2. The van der Waals surface area contributed by atoms with Crippen molar-refractivity contribution in [2.75, 3.05) is 19.6 Å². The van der Waals surface area contributed by atoms with E-state index in [0.29, 0.717) is 31.6 Å². The molecule has 7 nitrogen and oxygen atoms in total. The molecule has 32 heavy (non-hydrogen) atoms. The topological polar surface area (TPSA) is 84.3 Å². The Hall–Kier alpha value is -3.03. The molecule has 1 aromatic carbocycles. The van der Waals surface area contributed by atoms with Gasteiger partial charge in [0.2, 0.25) is 11.3 Å². The number of rotatable bonds is 8. The second-order valence-electron chi connectivity index (χ2n) is 8.30. The lowest BCUT2D eigenvalue weighted by Gasteiger charge is -2.31. The van der Waals surface area contributed by atoms with Crippen molar-refractivity contribution in [3.05, 3.63) is 57.8 Å². The Morgan fingerprint density at radius 3 is 2.75 bits per heavy atom. The number of hydrogen-bond acceptors (Lipinski definition) is 4. The average molecular weight is 443 g/mol. The van der Waals surface area contributed by atoms with E-state index in [4.69, 9.17) is 0 Å². The van der Waals surface area contributed by atoms with Gasteiger partial charge in [-0.25, -0.2) is 9.07 Å². The maximum absolute atomic E-state index is 14.3. The van der Waals surface area contributed by atoms with E-state index in [1.807, 2.05) is 0 Å². The van der Waals surface area contributed by atoms with Crippen molar-refractivity contribution >= 4 is 11.8 Å². The van der Waals surface area contributed by atoms with Crippen LogP contribution in [0.1, 0.15) is 61.6 Å². The van der Waals surface area contributed by atoms with Gasteiger partial charge in [-0.3, -0.25) is 14.4 Å². The van der Waals surface area contributed by atoms with Gasteiger partial charge in [0.25, 0.3) is 5.91 Å². The van der Waals surface area contributed by atoms with Crippen LogP contribution in [0.4, 0.5) is 4.39 Å². The van der Waals surface area contributed by atoms with Crippen LogP contribution in [0.25, 0.3) is 5.69 Å². The Morgan fingerprint density at radius 2 is 2.00 bits per heavy atom. The van der Waals surface area contributed by atoms with Gasteiger partial charge in [-0.2, -0.15) is 5.10 Å². The number of amides is 2. The number of aryl methyl sites for hydroxylation is 1. The first-order valence-electron chi connectivity index (χ1n) is 11.3. The molecular formula is C24H31FN4O3. The molecule has 0 spiro atoms. The lowest BCUT2D eigenvalue weighted by molar-refractivity contribution is -0.126. The monoisotopic (exact) mass is 442 g/mol. The van der Waals surface area contributed by atoms with Gasteiger partial charge in [-0.15, -0.1) is 0 Å². The van der Waals surface area contributed by atoms with E-state index < -0.39 is 17.2 Å². The lowest BCUT2D eigenvalue weighted by atomic mass is 9.96. The molecule has 1 saturated heterocycles. The molecule has 8 heteroatoms. The molecule has 1 aliphatic rings. The van der Waals surface area contributed by atoms with Crippen LogP contribution in [0.2, 0.25) is 0 Å². The number of carbonyl (C=O) groups excluding carboxylic acids is 2. The summed E-state index contributed by atoms with van der Waals surface area (Å²) in [5.74, 6) is -1.39. The molecule has 2 amide bonds. The van der Waals surface area contributed by atoms with Gasteiger partial charge in [0, 0.05) is 31.4 Å². The molecule has 1 fully saturated rings. The largest absolute Gasteiger partial charge is 0.356 e. The second-order valence-corrected chi connectivity index (χ2v) is 8.30. The minimum atomic E-state index is -0.527. The van der Waals surface area contributed by atoms with Gasteiger partial charge in [0.1, 0.15) is 11.5 Å². The average Bonchev–Trinajstić information content (AvgIpc) is 2.79. The molecule has 1 atom stereocenters. The molecule has 2 aromatic rings. The van der Waals surface area contributed by atoms with Gasteiger partial charge < -0.3 is 10.2 Å². The van der Waals surface area contributed by atoms with Crippen LogP contribution < -0.4 is 10.7 Å². The highest BCUT2D eigenvalue weighted by Crippen LogP contribution is 2.19. The molecule has 0 bridgehead atoms. The highest BCUT2D eigenvalue weighted by Gasteiger charge is 2.30. The maximum Gasteiger partial charge on any atom is 0.278 e. The van der Waals surface area contributed by atoms with E-state index in [2.05, 4.69) is 17.3 Å². The van der Waals surface area contributed by atoms with Crippen LogP contribution in [-0.4, -0.2) is 46.1 Å². The summed E-state index contributed by atoms with van der Waals surface area (Å²) >= 11 is 0.